The molecule has 5 nitrogen and oxygen atoms in total. The Morgan fingerprint density at radius 2 is 1.95 bits per heavy atom. The maximum absolute atomic E-state index is 12.8. The van der Waals surface area contributed by atoms with Crippen LogP contribution in [0.1, 0.15) is 25.8 Å². The van der Waals surface area contributed by atoms with Crippen LogP contribution < -0.4 is 16.6 Å². The smallest absolute Gasteiger partial charge is 0.381 e. The van der Waals surface area contributed by atoms with E-state index in [0.29, 0.717) is 6.42 Å². The van der Waals surface area contributed by atoms with E-state index in [9.17, 15) is 13.2 Å². The fourth-order valence-electron chi connectivity index (χ4n) is 2.55. The molecule has 0 bridgehead atoms. The standard InChI is InChI=1S/C13H19F3N4O/c1-12(2)8(6-9(12)21-3)18-10-4-7(13(14,15)16)5-11(19-10)20-17/h4-5,8-9H,6,17H2,1-3H3,(H2,18,19,20). The molecule has 2 atom stereocenters. The van der Waals surface area contributed by atoms with E-state index in [1.807, 2.05) is 13.8 Å². The van der Waals surface area contributed by atoms with Gasteiger partial charge in [-0.25, -0.2) is 10.8 Å². The van der Waals surface area contributed by atoms with Crippen LogP contribution in [-0.4, -0.2) is 24.2 Å². The Morgan fingerprint density at radius 3 is 2.43 bits per heavy atom. The third kappa shape index (κ3) is 3.06. The van der Waals surface area contributed by atoms with Crippen molar-refractivity contribution < 1.29 is 17.9 Å². The lowest BCUT2D eigenvalue weighted by atomic mass is 9.64. The first-order chi connectivity index (χ1) is 9.68. The molecule has 4 N–H and O–H groups in total. The van der Waals surface area contributed by atoms with Crippen LogP contribution in [0.15, 0.2) is 12.1 Å². The van der Waals surface area contributed by atoms with Gasteiger partial charge in [0.25, 0.3) is 0 Å². The van der Waals surface area contributed by atoms with Gasteiger partial charge in [-0.3, -0.25) is 0 Å². The number of rotatable bonds is 4. The first kappa shape index (κ1) is 15.8. The van der Waals surface area contributed by atoms with Gasteiger partial charge in [0.15, 0.2) is 0 Å². The predicted molar refractivity (Wildman–Crippen MR) is 73.7 cm³/mol. The number of anilines is 2. The number of alkyl halides is 3. The zero-order chi connectivity index (χ0) is 15.8. The summed E-state index contributed by atoms with van der Waals surface area (Å²) in [5.41, 5.74) is 1.18. The first-order valence-corrected chi connectivity index (χ1v) is 6.53. The molecule has 0 spiro atoms. The molecular formula is C13H19F3N4O. The second-order valence-electron chi connectivity index (χ2n) is 5.75. The van der Waals surface area contributed by atoms with Crippen LogP contribution in [0.3, 0.4) is 0 Å². The van der Waals surface area contributed by atoms with E-state index in [0.717, 1.165) is 12.1 Å². The third-order valence-corrected chi connectivity index (χ3v) is 4.08. The minimum atomic E-state index is -4.45. The van der Waals surface area contributed by atoms with Crippen LogP contribution in [0, 0.1) is 5.41 Å². The summed E-state index contributed by atoms with van der Waals surface area (Å²) in [6.45, 7) is 4.00. The number of hydrazine groups is 1. The number of nitrogens with two attached hydrogens (primary N) is 1. The molecule has 0 saturated heterocycles. The largest absolute Gasteiger partial charge is 0.416 e. The summed E-state index contributed by atoms with van der Waals surface area (Å²) in [4.78, 5) is 4.02. The van der Waals surface area contributed by atoms with Gasteiger partial charge in [0, 0.05) is 18.6 Å². The second kappa shape index (κ2) is 5.34. The number of nitrogen functional groups attached to an aromatic ring is 1. The predicted octanol–water partition coefficient (Wildman–Crippen LogP) is 2.61. The lowest BCUT2D eigenvalue weighted by Crippen LogP contribution is -2.57. The number of nitrogens with one attached hydrogen (secondary N) is 2. The van der Waals surface area contributed by atoms with Crippen LogP contribution in [0.2, 0.25) is 0 Å². The van der Waals surface area contributed by atoms with E-state index in [2.05, 4.69) is 15.7 Å². The Kier molecular flexibility index (Phi) is 4.03. The van der Waals surface area contributed by atoms with Crippen LogP contribution in [-0.2, 0) is 10.9 Å². The highest BCUT2D eigenvalue weighted by molar-refractivity contribution is 5.50. The fraction of sp³-hybridized carbons (Fsp3) is 0.615. The molecule has 118 valence electrons. The van der Waals surface area contributed by atoms with E-state index < -0.39 is 11.7 Å². The van der Waals surface area contributed by atoms with Crippen molar-refractivity contribution in [2.24, 2.45) is 11.3 Å². The molecule has 0 aromatic carbocycles. The summed E-state index contributed by atoms with van der Waals surface area (Å²) in [7, 11) is 1.63. The Hall–Kier alpha value is -1.54. The van der Waals surface area contributed by atoms with Gasteiger partial charge in [-0.15, -0.1) is 0 Å². The highest BCUT2D eigenvalue weighted by atomic mass is 19.4. The van der Waals surface area contributed by atoms with Crippen molar-refractivity contribution in [3.8, 4) is 0 Å². The van der Waals surface area contributed by atoms with Crippen molar-refractivity contribution in [1.82, 2.24) is 4.98 Å². The minimum absolute atomic E-state index is 0.0101. The number of hydrogen-bond acceptors (Lipinski definition) is 5. The van der Waals surface area contributed by atoms with Crippen LogP contribution in [0.25, 0.3) is 0 Å². The van der Waals surface area contributed by atoms with E-state index in [1.165, 1.54) is 0 Å². The maximum atomic E-state index is 12.8. The van der Waals surface area contributed by atoms with E-state index in [-0.39, 0.29) is 29.2 Å². The summed E-state index contributed by atoms with van der Waals surface area (Å²) in [5, 5.41) is 3.03. The van der Waals surface area contributed by atoms with Gasteiger partial charge in [0.05, 0.1) is 11.7 Å². The highest BCUT2D eigenvalue weighted by Gasteiger charge is 2.48. The van der Waals surface area contributed by atoms with Gasteiger partial charge in [0.1, 0.15) is 11.6 Å². The molecular weight excluding hydrogens is 285 g/mol. The lowest BCUT2D eigenvalue weighted by Gasteiger charge is -2.51. The van der Waals surface area contributed by atoms with Crippen molar-refractivity contribution in [2.45, 2.75) is 38.6 Å². The van der Waals surface area contributed by atoms with E-state index in [1.54, 1.807) is 7.11 Å². The molecule has 2 rings (SSSR count). The van der Waals surface area contributed by atoms with E-state index in [4.69, 9.17) is 10.6 Å². The molecule has 0 aliphatic heterocycles. The summed E-state index contributed by atoms with van der Waals surface area (Å²) in [5.74, 6) is 5.29. The quantitative estimate of drug-likeness (QED) is 0.589. The van der Waals surface area contributed by atoms with Gasteiger partial charge in [-0.2, -0.15) is 13.2 Å². The summed E-state index contributed by atoms with van der Waals surface area (Å²) in [6, 6.07) is 1.84. The zero-order valence-corrected chi connectivity index (χ0v) is 12.1. The molecule has 8 heteroatoms. The van der Waals surface area contributed by atoms with Crippen molar-refractivity contribution in [3.63, 3.8) is 0 Å². The number of ether oxygens (including phenoxy) is 1. The zero-order valence-electron chi connectivity index (χ0n) is 12.1. The molecule has 1 saturated carbocycles. The topological polar surface area (TPSA) is 72.2 Å². The number of aromatic nitrogens is 1. The number of halogens is 3. The highest BCUT2D eigenvalue weighted by Crippen LogP contribution is 2.44. The van der Waals surface area contributed by atoms with Crippen LogP contribution in [0.5, 0.6) is 0 Å². The molecule has 0 amide bonds. The third-order valence-electron chi connectivity index (χ3n) is 4.08. The number of methoxy groups -OCH3 is 1. The van der Waals surface area contributed by atoms with Crippen molar-refractivity contribution in [2.75, 3.05) is 17.9 Å². The monoisotopic (exact) mass is 304 g/mol. The average molecular weight is 304 g/mol. The van der Waals surface area contributed by atoms with Crippen molar-refractivity contribution >= 4 is 11.6 Å². The van der Waals surface area contributed by atoms with Gasteiger partial charge < -0.3 is 15.5 Å². The summed E-state index contributed by atoms with van der Waals surface area (Å²) < 4.78 is 43.8. The van der Waals surface area contributed by atoms with Crippen LogP contribution in [0.4, 0.5) is 24.8 Å². The SMILES string of the molecule is COC1CC(Nc2cc(C(F)(F)F)cc(NN)n2)C1(C)C. The van der Waals surface area contributed by atoms with Crippen molar-refractivity contribution in [1.29, 1.82) is 0 Å². The minimum Gasteiger partial charge on any atom is -0.381 e. The Labute approximate surface area is 121 Å². The van der Waals surface area contributed by atoms with E-state index >= 15 is 0 Å². The lowest BCUT2D eigenvalue weighted by molar-refractivity contribution is -0.137. The van der Waals surface area contributed by atoms with Gasteiger partial charge >= 0.3 is 6.18 Å². The molecule has 2 unspecified atom stereocenters. The Bertz CT molecular complexity index is 519. The molecule has 1 aliphatic carbocycles. The molecule has 21 heavy (non-hydrogen) atoms. The summed E-state index contributed by atoms with van der Waals surface area (Å²) in [6.07, 6.45) is -3.66. The summed E-state index contributed by atoms with van der Waals surface area (Å²) >= 11 is 0. The molecule has 1 heterocycles. The maximum Gasteiger partial charge on any atom is 0.416 e. The van der Waals surface area contributed by atoms with Gasteiger partial charge in [0.2, 0.25) is 0 Å². The molecule has 0 radical (unpaired) electrons. The van der Waals surface area contributed by atoms with Gasteiger partial charge in [-0.05, 0) is 18.6 Å². The van der Waals surface area contributed by atoms with Crippen molar-refractivity contribution in [3.05, 3.63) is 17.7 Å². The first-order valence-electron chi connectivity index (χ1n) is 6.53. The molecule has 1 aliphatic rings. The molecule has 1 aromatic heterocycles. The van der Waals surface area contributed by atoms with Crippen LogP contribution >= 0.6 is 0 Å². The second-order valence-corrected chi connectivity index (χ2v) is 5.75. The number of hydrogen-bond donors (Lipinski definition) is 3. The molecule has 1 fully saturated rings. The van der Waals surface area contributed by atoms with Gasteiger partial charge in [-0.1, -0.05) is 13.8 Å². The Morgan fingerprint density at radius 1 is 1.33 bits per heavy atom. The normalized spacial score (nSPS) is 24.3. The number of pyridine rings is 1. The average Bonchev–Trinajstić information content (AvgIpc) is 2.41. The molecule has 1 aromatic rings. The number of nitrogens with zero attached hydrogens (tertiary/aromatic N) is 1. The fourth-order valence-corrected chi connectivity index (χ4v) is 2.55. The Balaban J connectivity index is 2.21.